The van der Waals surface area contributed by atoms with Gasteiger partial charge in [-0.15, -0.1) is 0 Å². The van der Waals surface area contributed by atoms with Crippen LogP contribution < -0.4 is 11.1 Å². The summed E-state index contributed by atoms with van der Waals surface area (Å²) in [6, 6.07) is 10.9. The van der Waals surface area contributed by atoms with Crippen LogP contribution in [0.4, 0.5) is 0 Å². The predicted molar refractivity (Wildman–Crippen MR) is 56.7 cm³/mol. The molecule has 13 heavy (non-hydrogen) atoms. The van der Waals surface area contributed by atoms with Crippen LogP contribution in [0.25, 0.3) is 0 Å². The third-order valence-corrected chi connectivity index (χ3v) is 2.10. The van der Waals surface area contributed by atoms with Gasteiger partial charge >= 0.3 is 0 Å². The first-order chi connectivity index (χ1) is 6.33. The lowest BCUT2D eigenvalue weighted by Crippen LogP contribution is -2.34. The van der Waals surface area contributed by atoms with Gasteiger partial charge in [0.25, 0.3) is 0 Å². The normalized spacial score (nSPS) is 12.8. The summed E-state index contributed by atoms with van der Waals surface area (Å²) in [5, 5.41) is 3.36. The highest BCUT2D eigenvalue weighted by Gasteiger charge is 1.96. The maximum absolute atomic E-state index is 5.49. The summed E-state index contributed by atoms with van der Waals surface area (Å²) in [5.74, 6) is 0. The van der Waals surface area contributed by atoms with Crippen LogP contribution in [0.2, 0.25) is 0 Å². The maximum Gasteiger partial charge on any atom is 0.0162 e. The van der Waals surface area contributed by atoms with Crippen LogP contribution in [0, 0.1) is 0 Å². The molecule has 0 aliphatic carbocycles. The highest BCUT2D eigenvalue weighted by atomic mass is 14.9. The van der Waals surface area contributed by atoms with Crippen LogP contribution in [0.3, 0.4) is 0 Å². The Balaban J connectivity index is 2.20. The van der Waals surface area contributed by atoms with Crippen LogP contribution in [0.15, 0.2) is 30.3 Å². The molecule has 0 aromatic heterocycles. The number of hydrogen-bond acceptors (Lipinski definition) is 2. The highest BCUT2D eigenvalue weighted by Crippen LogP contribution is 1.98. The molecule has 0 amide bonds. The molecule has 1 aromatic carbocycles. The summed E-state index contributed by atoms with van der Waals surface area (Å²) in [6.45, 7) is 3.81. The SMILES string of the molecule is CC(CN)NCCc1ccccc1. The Kier molecular flexibility index (Phi) is 4.50. The fraction of sp³-hybridized carbons (Fsp3) is 0.455. The zero-order valence-electron chi connectivity index (χ0n) is 8.16. The fourth-order valence-electron chi connectivity index (χ4n) is 1.19. The summed E-state index contributed by atoms with van der Waals surface area (Å²) < 4.78 is 0. The van der Waals surface area contributed by atoms with E-state index in [-0.39, 0.29) is 0 Å². The van der Waals surface area contributed by atoms with Crippen molar-refractivity contribution in [2.75, 3.05) is 13.1 Å². The lowest BCUT2D eigenvalue weighted by molar-refractivity contribution is 0.559. The first-order valence-electron chi connectivity index (χ1n) is 4.80. The average molecular weight is 178 g/mol. The van der Waals surface area contributed by atoms with Gasteiger partial charge in [-0.2, -0.15) is 0 Å². The van der Waals surface area contributed by atoms with E-state index in [1.165, 1.54) is 5.56 Å². The van der Waals surface area contributed by atoms with Crippen molar-refractivity contribution in [2.24, 2.45) is 5.73 Å². The predicted octanol–water partition coefficient (Wildman–Crippen LogP) is 1.17. The topological polar surface area (TPSA) is 38.0 Å². The van der Waals surface area contributed by atoms with E-state index in [2.05, 4.69) is 36.5 Å². The second-order valence-electron chi connectivity index (χ2n) is 3.33. The average Bonchev–Trinajstić information content (AvgIpc) is 2.19. The minimum Gasteiger partial charge on any atom is -0.329 e. The lowest BCUT2D eigenvalue weighted by atomic mass is 10.1. The Bertz CT molecular complexity index is 221. The zero-order chi connectivity index (χ0) is 9.52. The summed E-state index contributed by atoms with van der Waals surface area (Å²) in [4.78, 5) is 0. The third-order valence-electron chi connectivity index (χ3n) is 2.10. The molecule has 1 rings (SSSR count). The molecular formula is C11H18N2. The Hall–Kier alpha value is -0.860. The van der Waals surface area contributed by atoms with Gasteiger partial charge in [0.15, 0.2) is 0 Å². The summed E-state index contributed by atoms with van der Waals surface area (Å²) in [5.41, 5.74) is 6.86. The van der Waals surface area contributed by atoms with Crippen LogP contribution in [-0.2, 0) is 6.42 Å². The van der Waals surface area contributed by atoms with Gasteiger partial charge in [-0.05, 0) is 25.5 Å². The summed E-state index contributed by atoms with van der Waals surface area (Å²) in [7, 11) is 0. The molecule has 72 valence electrons. The molecule has 0 spiro atoms. The molecule has 0 saturated heterocycles. The lowest BCUT2D eigenvalue weighted by Gasteiger charge is -2.10. The molecule has 0 saturated carbocycles. The Morgan fingerprint density at radius 3 is 2.62 bits per heavy atom. The Labute approximate surface area is 80.1 Å². The van der Waals surface area contributed by atoms with E-state index >= 15 is 0 Å². The van der Waals surface area contributed by atoms with Gasteiger partial charge < -0.3 is 11.1 Å². The van der Waals surface area contributed by atoms with Gasteiger partial charge in [0.2, 0.25) is 0 Å². The van der Waals surface area contributed by atoms with Gasteiger partial charge in [0, 0.05) is 12.6 Å². The quantitative estimate of drug-likeness (QED) is 0.710. The van der Waals surface area contributed by atoms with E-state index < -0.39 is 0 Å². The molecule has 0 radical (unpaired) electrons. The van der Waals surface area contributed by atoms with Crippen molar-refractivity contribution < 1.29 is 0 Å². The molecule has 2 heteroatoms. The fourth-order valence-corrected chi connectivity index (χ4v) is 1.19. The van der Waals surface area contributed by atoms with E-state index in [9.17, 15) is 0 Å². The summed E-state index contributed by atoms with van der Waals surface area (Å²) >= 11 is 0. The molecule has 1 unspecified atom stereocenters. The number of benzene rings is 1. The van der Waals surface area contributed by atoms with E-state index in [0.717, 1.165) is 13.0 Å². The minimum atomic E-state index is 0.420. The van der Waals surface area contributed by atoms with E-state index in [0.29, 0.717) is 12.6 Å². The van der Waals surface area contributed by atoms with Crippen molar-refractivity contribution in [2.45, 2.75) is 19.4 Å². The standard InChI is InChI=1S/C11H18N2/c1-10(9-12)13-8-7-11-5-3-2-4-6-11/h2-6,10,13H,7-9,12H2,1H3. The Morgan fingerprint density at radius 2 is 2.00 bits per heavy atom. The van der Waals surface area contributed by atoms with Gasteiger partial charge in [0.1, 0.15) is 0 Å². The van der Waals surface area contributed by atoms with E-state index in [4.69, 9.17) is 5.73 Å². The van der Waals surface area contributed by atoms with Gasteiger partial charge in [-0.3, -0.25) is 0 Å². The molecule has 0 bridgehead atoms. The smallest absolute Gasteiger partial charge is 0.0162 e. The second-order valence-corrected chi connectivity index (χ2v) is 3.33. The van der Waals surface area contributed by atoms with Crippen molar-refractivity contribution in [1.29, 1.82) is 0 Å². The number of rotatable bonds is 5. The monoisotopic (exact) mass is 178 g/mol. The minimum absolute atomic E-state index is 0.420. The van der Waals surface area contributed by atoms with Crippen LogP contribution in [0.5, 0.6) is 0 Å². The zero-order valence-corrected chi connectivity index (χ0v) is 8.16. The number of hydrogen-bond donors (Lipinski definition) is 2. The van der Waals surface area contributed by atoms with Crippen molar-refractivity contribution >= 4 is 0 Å². The number of nitrogens with two attached hydrogens (primary N) is 1. The van der Waals surface area contributed by atoms with Gasteiger partial charge in [0.05, 0.1) is 0 Å². The van der Waals surface area contributed by atoms with Crippen molar-refractivity contribution in [3.05, 3.63) is 35.9 Å². The van der Waals surface area contributed by atoms with Crippen LogP contribution >= 0.6 is 0 Å². The maximum atomic E-state index is 5.49. The van der Waals surface area contributed by atoms with Crippen molar-refractivity contribution in [1.82, 2.24) is 5.32 Å². The van der Waals surface area contributed by atoms with Crippen LogP contribution in [-0.4, -0.2) is 19.1 Å². The van der Waals surface area contributed by atoms with Gasteiger partial charge in [-0.25, -0.2) is 0 Å². The second kappa shape index (κ2) is 5.73. The van der Waals surface area contributed by atoms with Crippen molar-refractivity contribution in [3.8, 4) is 0 Å². The molecule has 2 nitrogen and oxygen atoms in total. The molecule has 0 fully saturated rings. The molecular weight excluding hydrogens is 160 g/mol. The Morgan fingerprint density at radius 1 is 1.31 bits per heavy atom. The largest absolute Gasteiger partial charge is 0.329 e. The molecule has 0 aliphatic rings. The van der Waals surface area contributed by atoms with Gasteiger partial charge in [-0.1, -0.05) is 30.3 Å². The highest BCUT2D eigenvalue weighted by molar-refractivity contribution is 5.14. The van der Waals surface area contributed by atoms with Crippen LogP contribution in [0.1, 0.15) is 12.5 Å². The molecule has 0 heterocycles. The molecule has 1 aromatic rings. The first-order valence-corrected chi connectivity index (χ1v) is 4.80. The third kappa shape index (κ3) is 4.06. The van der Waals surface area contributed by atoms with E-state index in [1.54, 1.807) is 0 Å². The molecule has 3 N–H and O–H groups in total. The molecule has 0 aliphatic heterocycles. The number of nitrogens with one attached hydrogen (secondary N) is 1. The van der Waals surface area contributed by atoms with Crippen molar-refractivity contribution in [3.63, 3.8) is 0 Å². The molecule has 1 atom stereocenters. The summed E-state index contributed by atoms with van der Waals surface area (Å²) in [6.07, 6.45) is 1.07. The van der Waals surface area contributed by atoms with E-state index in [1.807, 2.05) is 6.07 Å². The first kappa shape index (κ1) is 10.2.